The zero-order valence-corrected chi connectivity index (χ0v) is 16.7. The second-order valence-corrected chi connectivity index (χ2v) is 7.27. The molecule has 1 amide bonds. The molecule has 2 atom stereocenters. The molecule has 1 aliphatic heterocycles. The molecule has 8 nitrogen and oxygen atoms in total. The molecule has 0 radical (unpaired) electrons. The predicted molar refractivity (Wildman–Crippen MR) is 106 cm³/mol. The number of nitrogens with zero attached hydrogens (tertiary/aromatic N) is 5. The van der Waals surface area contributed by atoms with E-state index in [1.54, 1.807) is 4.52 Å². The molecule has 3 heterocycles. The second kappa shape index (κ2) is 8.26. The van der Waals surface area contributed by atoms with Gasteiger partial charge in [-0.05, 0) is 31.4 Å². The minimum absolute atomic E-state index is 0.0399. The smallest absolute Gasteiger partial charge is 0.252 e. The molecule has 1 saturated heterocycles. The van der Waals surface area contributed by atoms with Gasteiger partial charge in [-0.3, -0.25) is 4.79 Å². The first-order chi connectivity index (χ1) is 14.1. The summed E-state index contributed by atoms with van der Waals surface area (Å²) < 4.78 is 7.45. The van der Waals surface area contributed by atoms with Gasteiger partial charge in [-0.1, -0.05) is 30.3 Å². The van der Waals surface area contributed by atoms with E-state index >= 15 is 0 Å². The Bertz CT molecular complexity index is 1000. The maximum Gasteiger partial charge on any atom is 0.252 e. The fourth-order valence-corrected chi connectivity index (χ4v) is 4.10. The fraction of sp³-hybridized carbons (Fsp3) is 0.429. The van der Waals surface area contributed by atoms with Crippen LogP contribution >= 0.6 is 0 Å². The molecule has 1 N–H and O–H groups in total. The topological polar surface area (TPSA) is 92.9 Å². The van der Waals surface area contributed by atoms with Crippen LogP contribution in [0.2, 0.25) is 0 Å². The summed E-state index contributed by atoms with van der Waals surface area (Å²) in [6.07, 6.45) is 1.98. The molecule has 1 fully saturated rings. The van der Waals surface area contributed by atoms with Gasteiger partial charge in [-0.15, -0.1) is 0 Å². The van der Waals surface area contributed by atoms with Gasteiger partial charge in [0.05, 0.1) is 19.3 Å². The highest BCUT2D eigenvalue weighted by Crippen LogP contribution is 2.30. The van der Waals surface area contributed by atoms with Gasteiger partial charge < -0.3 is 14.7 Å². The standard InChI is InChI=1S/C21H25N5O3/c1-14-17(15(2)26-21(24-14)22-13-23-26)8-9-19(28)25-10-11-29-18(12-27)20(25)16-6-4-3-5-7-16/h3-7,13,18,20,27H,8-12H2,1-2H3/t18-,20-/m1/s1. The maximum absolute atomic E-state index is 13.2. The van der Waals surface area contributed by atoms with Crippen molar-refractivity contribution in [2.24, 2.45) is 0 Å². The van der Waals surface area contributed by atoms with Crippen molar-refractivity contribution in [3.63, 3.8) is 0 Å². The highest BCUT2D eigenvalue weighted by molar-refractivity contribution is 5.77. The van der Waals surface area contributed by atoms with Crippen molar-refractivity contribution in [1.29, 1.82) is 0 Å². The van der Waals surface area contributed by atoms with Gasteiger partial charge in [0.15, 0.2) is 0 Å². The summed E-state index contributed by atoms with van der Waals surface area (Å²) in [4.78, 5) is 23.7. The molecule has 0 unspecified atom stereocenters. The quantitative estimate of drug-likeness (QED) is 0.706. The number of aliphatic hydroxyl groups is 1. The Morgan fingerprint density at radius 2 is 2.07 bits per heavy atom. The van der Waals surface area contributed by atoms with E-state index in [0.717, 1.165) is 22.5 Å². The van der Waals surface area contributed by atoms with Gasteiger partial charge in [-0.2, -0.15) is 10.1 Å². The highest BCUT2D eigenvalue weighted by Gasteiger charge is 2.35. The number of fused-ring (bicyclic) bond motifs is 1. The lowest BCUT2D eigenvalue weighted by atomic mass is 9.97. The predicted octanol–water partition coefficient (Wildman–Crippen LogP) is 1.63. The average Bonchev–Trinajstić information content (AvgIpc) is 3.22. The largest absolute Gasteiger partial charge is 0.394 e. The molecule has 4 rings (SSSR count). The van der Waals surface area contributed by atoms with Gasteiger partial charge in [0, 0.05) is 24.4 Å². The number of aromatic nitrogens is 4. The summed E-state index contributed by atoms with van der Waals surface area (Å²) in [5.41, 5.74) is 3.80. The second-order valence-electron chi connectivity index (χ2n) is 7.27. The minimum Gasteiger partial charge on any atom is -0.394 e. The van der Waals surface area contributed by atoms with Crippen molar-refractivity contribution in [2.45, 2.75) is 38.8 Å². The lowest BCUT2D eigenvalue weighted by Gasteiger charge is -2.41. The Labute approximate surface area is 169 Å². The van der Waals surface area contributed by atoms with Crippen molar-refractivity contribution < 1.29 is 14.6 Å². The van der Waals surface area contributed by atoms with Crippen molar-refractivity contribution in [2.75, 3.05) is 19.8 Å². The van der Waals surface area contributed by atoms with E-state index < -0.39 is 6.10 Å². The van der Waals surface area contributed by atoms with E-state index in [-0.39, 0.29) is 18.6 Å². The van der Waals surface area contributed by atoms with Crippen LogP contribution < -0.4 is 0 Å². The third-order valence-electron chi connectivity index (χ3n) is 5.57. The van der Waals surface area contributed by atoms with Crippen LogP contribution in [0.5, 0.6) is 0 Å². The van der Waals surface area contributed by atoms with Crippen molar-refractivity contribution >= 4 is 11.7 Å². The van der Waals surface area contributed by atoms with Crippen LogP contribution in [0.4, 0.5) is 0 Å². The molecular formula is C21H25N5O3. The van der Waals surface area contributed by atoms with Gasteiger partial charge in [0.2, 0.25) is 5.91 Å². The lowest BCUT2D eigenvalue weighted by Crippen LogP contribution is -2.49. The summed E-state index contributed by atoms with van der Waals surface area (Å²) in [6.45, 7) is 4.71. The fourth-order valence-electron chi connectivity index (χ4n) is 4.10. The monoisotopic (exact) mass is 395 g/mol. The van der Waals surface area contributed by atoms with E-state index in [9.17, 15) is 9.90 Å². The summed E-state index contributed by atoms with van der Waals surface area (Å²) in [5.74, 6) is 0.608. The Balaban J connectivity index is 1.55. The van der Waals surface area contributed by atoms with E-state index in [2.05, 4.69) is 15.1 Å². The van der Waals surface area contributed by atoms with E-state index in [1.807, 2.05) is 49.1 Å². The molecule has 3 aromatic rings. The van der Waals surface area contributed by atoms with Gasteiger partial charge in [0.1, 0.15) is 12.4 Å². The number of aryl methyl sites for hydroxylation is 2. The Morgan fingerprint density at radius 3 is 2.83 bits per heavy atom. The van der Waals surface area contributed by atoms with Crippen molar-refractivity contribution in [1.82, 2.24) is 24.5 Å². The van der Waals surface area contributed by atoms with E-state index in [4.69, 9.17) is 4.74 Å². The number of hydrogen-bond donors (Lipinski definition) is 1. The molecule has 1 aromatic carbocycles. The van der Waals surface area contributed by atoms with Gasteiger partial charge >= 0.3 is 0 Å². The lowest BCUT2D eigenvalue weighted by molar-refractivity contribution is -0.149. The minimum atomic E-state index is -0.424. The van der Waals surface area contributed by atoms with Gasteiger partial charge in [-0.25, -0.2) is 9.50 Å². The van der Waals surface area contributed by atoms with E-state index in [0.29, 0.717) is 31.8 Å². The number of benzene rings is 1. The zero-order chi connectivity index (χ0) is 20.4. The molecule has 0 aliphatic carbocycles. The van der Waals surface area contributed by atoms with Crippen molar-refractivity contribution in [3.05, 3.63) is 59.2 Å². The number of ether oxygens (including phenoxy) is 1. The zero-order valence-electron chi connectivity index (χ0n) is 16.7. The Kier molecular flexibility index (Phi) is 5.55. The summed E-state index contributed by atoms with van der Waals surface area (Å²) in [5, 5.41) is 14.0. The maximum atomic E-state index is 13.2. The van der Waals surface area contributed by atoms with Crippen LogP contribution in [0.15, 0.2) is 36.7 Å². The Hall–Kier alpha value is -2.84. The van der Waals surface area contributed by atoms with Gasteiger partial charge in [0.25, 0.3) is 5.78 Å². The van der Waals surface area contributed by atoms with Crippen molar-refractivity contribution in [3.8, 4) is 0 Å². The molecule has 0 saturated carbocycles. The molecule has 0 spiro atoms. The molecule has 29 heavy (non-hydrogen) atoms. The third-order valence-corrected chi connectivity index (χ3v) is 5.57. The van der Waals surface area contributed by atoms with Crippen LogP contribution in [0.25, 0.3) is 5.78 Å². The number of hydrogen-bond acceptors (Lipinski definition) is 6. The number of morpholine rings is 1. The third kappa shape index (κ3) is 3.73. The molecule has 1 aliphatic rings. The molecule has 152 valence electrons. The number of carbonyl (C=O) groups is 1. The van der Waals surface area contributed by atoms with Crippen LogP contribution in [0.1, 0.15) is 35.0 Å². The number of aliphatic hydroxyl groups excluding tert-OH is 1. The average molecular weight is 395 g/mol. The first-order valence-corrected chi connectivity index (χ1v) is 9.83. The number of rotatable bonds is 5. The first kappa shape index (κ1) is 19.5. The normalized spacial score (nSPS) is 19.6. The van der Waals surface area contributed by atoms with Crippen LogP contribution in [-0.2, 0) is 16.0 Å². The van der Waals surface area contributed by atoms with Crippen LogP contribution in [-0.4, -0.2) is 61.4 Å². The summed E-state index contributed by atoms with van der Waals surface area (Å²) in [7, 11) is 0. The van der Waals surface area contributed by atoms with Crippen LogP contribution in [0, 0.1) is 13.8 Å². The summed E-state index contributed by atoms with van der Waals surface area (Å²) in [6, 6.07) is 9.46. The summed E-state index contributed by atoms with van der Waals surface area (Å²) >= 11 is 0. The molecule has 0 bridgehead atoms. The number of carbonyl (C=O) groups excluding carboxylic acids is 1. The number of amides is 1. The van der Waals surface area contributed by atoms with Crippen LogP contribution in [0.3, 0.4) is 0 Å². The Morgan fingerprint density at radius 1 is 1.28 bits per heavy atom. The SMILES string of the molecule is Cc1nc2ncnn2c(C)c1CCC(=O)N1CCO[C@H](CO)[C@H]1c1ccccc1. The molecule has 8 heteroatoms. The molecular weight excluding hydrogens is 370 g/mol. The molecule has 2 aromatic heterocycles. The highest BCUT2D eigenvalue weighted by atomic mass is 16.5. The first-order valence-electron chi connectivity index (χ1n) is 9.83. The van der Waals surface area contributed by atoms with E-state index in [1.165, 1.54) is 6.33 Å².